The highest BCUT2D eigenvalue weighted by atomic mass is 16.8. The van der Waals surface area contributed by atoms with E-state index in [4.69, 9.17) is 35.2 Å². The van der Waals surface area contributed by atoms with Crippen molar-refractivity contribution in [2.24, 2.45) is 0 Å². The second kappa shape index (κ2) is 8.05. The van der Waals surface area contributed by atoms with Gasteiger partial charge in [-0.25, -0.2) is 0 Å². The molecule has 0 aromatic rings. The molecule has 7 N–H and O–H groups in total. The van der Waals surface area contributed by atoms with Gasteiger partial charge in [0, 0.05) is 0 Å². The lowest BCUT2D eigenvalue weighted by molar-refractivity contribution is 0.132. The average molecular weight is 237 g/mol. The van der Waals surface area contributed by atoms with Crippen LogP contribution in [-0.2, 0) is 18.3 Å². The average Bonchev–Trinajstić information content (AvgIpc) is 1.97. The van der Waals surface area contributed by atoms with Crippen molar-refractivity contribution in [2.45, 2.75) is 0 Å². The third kappa shape index (κ3) is 9.14. The maximum atomic E-state index is 8.41. The van der Waals surface area contributed by atoms with Crippen LogP contribution in [0.5, 0.6) is 0 Å². The highest BCUT2D eigenvalue weighted by molar-refractivity contribution is 6.65. The number of hydrogen-bond acceptors (Lipinski definition) is 11. The van der Waals surface area contributed by atoms with Crippen LogP contribution >= 0.6 is 0 Å². The molecular weight excluding hydrogens is 230 g/mol. The van der Waals surface area contributed by atoms with E-state index in [1.165, 1.54) is 0 Å². The van der Waals surface area contributed by atoms with Gasteiger partial charge in [-0.1, -0.05) is 0 Å². The highest BCUT2D eigenvalue weighted by Crippen LogP contribution is 2.00. The normalized spacial score (nSPS) is 15.6. The molecule has 1 rings (SSSR count). The van der Waals surface area contributed by atoms with Crippen LogP contribution in [0.2, 0.25) is 0 Å². The van der Waals surface area contributed by atoms with Crippen molar-refractivity contribution in [2.75, 3.05) is 0 Å². The maximum Gasteiger partial charge on any atom is 0.621 e. The fourth-order valence-electron chi connectivity index (χ4n) is 0.504. The first kappa shape index (κ1) is 15.9. The van der Waals surface area contributed by atoms with E-state index < -0.39 is 36.6 Å². The minimum Gasteiger partial charge on any atom is -0.403 e. The van der Waals surface area contributed by atoms with E-state index in [9.17, 15) is 0 Å². The monoisotopic (exact) mass is 238 g/mol. The van der Waals surface area contributed by atoms with Crippen LogP contribution < -0.4 is 0 Å². The second-order valence-electron chi connectivity index (χ2n) is 2.12. The van der Waals surface area contributed by atoms with Gasteiger partial charge in [0.05, 0.1) is 0 Å². The molecule has 0 radical (unpaired) electrons. The van der Waals surface area contributed by atoms with E-state index in [1.807, 2.05) is 0 Å². The smallest absolute Gasteiger partial charge is 0.403 e. The largest absolute Gasteiger partial charge is 0.621 e. The van der Waals surface area contributed by atoms with Crippen molar-refractivity contribution >= 4 is 36.6 Å². The van der Waals surface area contributed by atoms with Crippen LogP contribution in [0, 0.1) is 0 Å². The van der Waals surface area contributed by atoms with E-state index in [-0.39, 0.29) is 0 Å². The lowest BCUT2D eigenvalue weighted by Gasteiger charge is -2.19. The Kier molecular flexibility index (Phi) is 7.99. The predicted octanol–water partition coefficient (Wildman–Crippen LogP) is -6.08. The van der Waals surface area contributed by atoms with Crippen molar-refractivity contribution in [3.8, 4) is 0 Å². The Hall–Kier alpha value is -0.115. The van der Waals surface area contributed by atoms with Gasteiger partial charge in [-0.2, -0.15) is 0 Å². The zero-order chi connectivity index (χ0) is 12.7. The van der Waals surface area contributed by atoms with Crippen molar-refractivity contribution in [3.63, 3.8) is 0 Å². The molecule has 0 aromatic carbocycles. The molecule has 1 saturated heterocycles. The zero-order valence-electron chi connectivity index (χ0n) is 7.65. The maximum absolute atomic E-state index is 8.41. The third-order valence-corrected chi connectivity index (χ3v) is 0.942. The summed E-state index contributed by atoms with van der Waals surface area (Å²) in [5.74, 6) is 0. The molecule has 1 aliphatic heterocycles. The molecule has 0 spiro atoms. The lowest BCUT2D eigenvalue weighted by Crippen LogP contribution is -2.49. The topological polar surface area (TPSA) is 179 Å². The highest BCUT2D eigenvalue weighted by Gasteiger charge is 2.40. The van der Waals surface area contributed by atoms with Crippen molar-refractivity contribution in [3.05, 3.63) is 0 Å². The van der Waals surface area contributed by atoms with Gasteiger partial charge in [-0.05, 0) is 0 Å². The van der Waals surface area contributed by atoms with E-state index in [2.05, 4.69) is 18.3 Å². The Morgan fingerprint density at radius 1 is 0.688 bits per heavy atom. The van der Waals surface area contributed by atoms with Crippen LogP contribution in [0.3, 0.4) is 0 Å². The van der Waals surface area contributed by atoms with Gasteiger partial charge in [-0.3, -0.25) is 0 Å². The summed E-state index contributed by atoms with van der Waals surface area (Å²) < 4.78 is 15.7. The summed E-state index contributed by atoms with van der Waals surface area (Å²) in [6.45, 7) is 0. The molecule has 11 nitrogen and oxygen atoms in total. The molecule has 0 unspecified atom stereocenters. The zero-order valence-corrected chi connectivity index (χ0v) is 7.65. The van der Waals surface area contributed by atoms with Gasteiger partial charge in [0.25, 0.3) is 0 Å². The summed E-state index contributed by atoms with van der Waals surface area (Å²) in [4.78, 5) is 0. The number of rotatable bonds is 2. The van der Waals surface area contributed by atoms with E-state index >= 15 is 0 Å². The van der Waals surface area contributed by atoms with Crippen LogP contribution in [-0.4, -0.2) is 71.8 Å². The van der Waals surface area contributed by atoms with Crippen LogP contribution in [0.4, 0.5) is 0 Å². The molecule has 16 heavy (non-hydrogen) atoms. The van der Waals surface area contributed by atoms with E-state index in [0.717, 1.165) is 0 Å². The standard InChI is InChI=1S/B3H3O6.B2H4O5/c4-1-7-2(5)9-3(6)8-1;3-1(4)7-2(5)6/h4-6H;3-6H. The van der Waals surface area contributed by atoms with E-state index in [1.54, 1.807) is 0 Å². The van der Waals surface area contributed by atoms with Gasteiger partial charge in [0.2, 0.25) is 0 Å². The Balaban J connectivity index is 0.000000293. The van der Waals surface area contributed by atoms with Gasteiger partial charge >= 0.3 is 36.6 Å². The molecule has 1 fully saturated rings. The molecule has 0 amide bonds. The molecule has 1 heterocycles. The summed E-state index contributed by atoms with van der Waals surface area (Å²) in [6.07, 6.45) is 0. The van der Waals surface area contributed by atoms with E-state index in [0.29, 0.717) is 0 Å². The molecule has 0 aliphatic carbocycles. The fraction of sp³-hybridized carbons (Fsp3) is 0. The van der Waals surface area contributed by atoms with Crippen molar-refractivity contribution in [1.82, 2.24) is 0 Å². The summed E-state index contributed by atoms with van der Waals surface area (Å²) in [5.41, 5.74) is 0. The Morgan fingerprint density at radius 2 is 0.938 bits per heavy atom. The lowest BCUT2D eigenvalue weighted by atomic mass is 9.98. The van der Waals surface area contributed by atoms with Crippen molar-refractivity contribution < 1.29 is 53.5 Å². The van der Waals surface area contributed by atoms with Crippen LogP contribution in [0.25, 0.3) is 0 Å². The molecule has 16 heteroatoms. The molecule has 0 aromatic heterocycles. The predicted molar refractivity (Wildman–Crippen MR) is 48.6 cm³/mol. The van der Waals surface area contributed by atoms with Crippen LogP contribution in [0.15, 0.2) is 0 Å². The summed E-state index contributed by atoms with van der Waals surface area (Å²) in [5, 5.41) is 56.2. The molecule has 0 bridgehead atoms. The van der Waals surface area contributed by atoms with Crippen LogP contribution in [0.1, 0.15) is 0 Å². The minimum absolute atomic E-state index is 1.64. The first-order chi connectivity index (χ1) is 7.31. The summed E-state index contributed by atoms with van der Waals surface area (Å²) in [6, 6.07) is 0. The first-order valence-corrected chi connectivity index (χ1v) is 3.69. The first-order valence-electron chi connectivity index (χ1n) is 3.69. The Morgan fingerprint density at radius 3 is 1.06 bits per heavy atom. The minimum atomic E-state index is -2.13. The van der Waals surface area contributed by atoms with Gasteiger partial charge < -0.3 is 53.5 Å². The SMILES string of the molecule is OB(O)OB(O)O.OB1OB(O)OB(O)O1. The van der Waals surface area contributed by atoms with Crippen molar-refractivity contribution in [1.29, 1.82) is 0 Å². The fourth-order valence-corrected chi connectivity index (χ4v) is 0.504. The second-order valence-corrected chi connectivity index (χ2v) is 2.12. The third-order valence-electron chi connectivity index (χ3n) is 0.942. The summed E-state index contributed by atoms with van der Waals surface area (Å²) in [7, 11) is -9.16. The van der Waals surface area contributed by atoms with Gasteiger partial charge in [-0.15, -0.1) is 0 Å². The molecular formula is H7B5O11. The van der Waals surface area contributed by atoms with Gasteiger partial charge in [0.15, 0.2) is 0 Å². The van der Waals surface area contributed by atoms with Gasteiger partial charge in [0.1, 0.15) is 0 Å². The molecule has 88 valence electrons. The molecule has 0 atom stereocenters. The molecule has 1 aliphatic rings. The Labute approximate surface area is 91.0 Å². The summed E-state index contributed by atoms with van der Waals surface area (Å²) >= 11 is 0. The molecule has 0 saturated carbocycles. The quantitative estimate of drug-likeness (QED) is 0.227. The Bertz CT molecular complexity index is 141. The number of hydrogen-bond donors (Lipinski definition) is 7.